The fourth-order valence-corrected chi connectivity index (χ4v) is 0.724. The molecule has 0 aromatic rings. The van der Waals surface area contributed by atoms with Gasteiger partial charge in [-0.05, 0) is 19.1 Å². The first-order chi connectivity index (χ1) is 7.20. The summed E-state index contributed by atoms with van der Waals surface area (Å²) in [5.41, 5.74) is 4.91. The Hall–Kier alpha value is -1.79. The number of carbonyl (C=O) groups excluding carboxylic acids is 2. The van der Waals surface area contributed by atoms with Crippen molar-refractivity contribution in [2.75, 3.05) is 7.11 Å². The monoisotopic (exact) mass is 237 g/mol. The van der Waals surface area contributed by atoms with Crippen molar-refractivity contribution in [2.45, 2.75) is 13.1 Å². The maximum atomic E-state index is 11.8. The maximum absolute atomic E-state index is 11.8. The maximum Gasteiger partial charge on any atom is 0.454 e. The quantitative estimate of drug-likeness (QED) is 0.453. The predicted molar refractivity (Wildman–Crippen MR) is 49.1 cm³/mol. The summed E-state index contributed by atoms with van der Waals surface area (Å²) < 4.78 is 39.7. The number of ketones is 1. The van der Waals surface area contributed by atoms with E-state index in [1.165, 1.54) is 6.92 Å². The Morgan fingerprint density at radius 1 is 1.25 bits per heavy atom. The number of esters is 1. The van der Waals surface area contributed by atoms with E-state index in [1.54, 1.807) is 0 Å². The summed E-state index contributed by atoms with van der Waals surface area (Å²) in [7, 11) is 1.05. The third kappa shape index (κ3) is 4.16. The molecule has 0 unspecified atom stereocenters. The predicted octanol–water partition coefficient (Wildman–Crippen LogP) is 1.08. The highest BCUT2D eigenvalue weighted by Crippen LogP contribution is 2.17. The fourth-order valence-electron chi connectivity index (χ4n) is 0.724. The molecule has 7 heteroatoms. The van der Waals surface area contributed by atoms with Gasteiger partial charge in [0.05, 0.1) is 12.7 Å². The molecular formula is C9H10F3NO3. The van der Waals surface area contributed by atoms with E-state index in [4.69, 9.17) is 5.73 Å². The molecule has 0 atom stereocenters. The molecular weight excluding hydrogens is 227 g/mol. The van der Waals surface area contributed by atoms with Gasteiger partial charge >= 0.3 is 12.1 Å². The zero-order valence-corrected chi connectivity index (χ0v) is 8.59. The molecule has 0 spiro atoms. The van der Waals surface area contributed by atoms with Crippen LogP contribution >= 0.6 is 0 Å². The molecule has 16 heavy (non-hydrogen) atoms. The first-order valence-electron chi connectivity index (χ1n) is 4.04. The number of rotatable bonds is 3. The first-order valence-corrected chi connectivity index (χ1v) is 4.04. The van der Waals surface area contributed by atoms with Gasteiger partial charge in [-0.15, -0.1) is 0 Å². The number of nitrogens with two attached hydrogens (primary N) is 1. The molecule has 4 nitrogen and oxygen atoms in total. The Bertz CT molecular complexity index is 352. The van der Waals surface area contributed by atoms with Crippen LogP contribution in [0.4, 0.5) is 13.2 Å². The van der Waals surface area contributed by atoms with E-state index in [0.717, 1.165) is 7.11 Å². The van der Waals surface area contributed by atoms with Crippen molar-refractivity contribution < 1.29 is 27.5 Å². The molecule has 0 aliphatic rings. The topological polar surface area (TPSA) is 69.4 Å². The van der Waals surface area contributed by atoms with Gasteiger partial charge in [0.15, 0.2) is 0 Å². The highest BCUT2D eigenvalue weighted by Gasteiger charge is 2.36. The van der Waals surface area contributed by atoms with E-state index in [2.05, 4.69) is 4.74 Å². The van der Waals surface area contributed by atoms with Gasteiger partial charge in [-0.1, -0.05) is 0 Å². The summed E-state index contributed by atoms with van der Waals surface area (Å²) in [5, 5.41) is 0. The second-order valence-corrected chi connectivity index (χ2v) is 2.78. The molecule has 0 aromatic carbocycles. The van der Waals surface area contributed by atoms with Crippen LogP contribution in [-0.4, -0.2) is 25.0 Å². The smallest absolute Gasteiger partial charge is 0.454 e. The normalized spacial score (nSPS) is 13.6. The molecule has 0 amide bonds. The number of hydrogen-bond donors (Lipinski definition) is 1. The zero-order valence-electron chi connectivity index (χ0n) is 8.59. The van der Waals surface area contributed by atoms with Crippen molar-refractivity contribution in [3.63, 3.8) is 0 Å². The van der Waals surface area contributed by atoms with Gasteiger partial charge in [-0.25, -0.2) is 4.79 Å². The van der Waals surface area contributed by atoms with Crippen LogP contribution in [0.1, 0.15) is 6.92 Å². The summed E-state index contributed by atoms with van der Waals surface area (Å²) in [4.78, 5) is 21.5. The number of halogens is 3. The third-order valence-corrected chi connectivity index (χ3v) is 1.51. The molecule has 0 aliphatic carbocycles. The summed E-state index contributed by atoms with van der Waals surface area (Å²) in [6, 6.07) is 0. The molecule has 0 aliphatic heterocycles. The van der Waals surface area contributed by atoms with Gasteiger partial charge < -0.3 is 10.5 Å². The lowest BCUT2D eigenvalue weighted by molar-refractivity contribution is -0.165. The molecule has 0 heterocycles. The van der Waals surface area contributed by atoms with Gasteiger partial charge in [0.1, 0.15) is 0 Å². The van der Waals surface area contributed by atoms with Crippen molar-refractivity contribution in [3.8, 4) is 0 Å². The average molecular weight is 237 g/mol. The summed E-state index contributed by atoms with van der Waals surface area (Å²) in [5.74, 6) is -2.98. The highest BCUT2D eigenvalue weighted by atomic mass is 19.4. The first kappa shape index (κ1) is 14.2. The minimum Gasteiger partial charge on any atom is -0.465 e. The molecule has 0 aromatic heterocycles. The van der Waals surface area contributed by atoms with E-state index in [1.807, 2.05) is 0 Å². The summed E-state index contributed by atoms with van der Waals surface area (Å²) in [6.07, 6.45) is -4.07. The highest BCUT2D eigenvalue weighted by molar-refractivity contribution is 5.98. The van der Waals surface area contributed by atoms with E-state index >= 15 is 0 Å². The molecule has 0 bridgehead atoms. The third-order valence-electron chi connectivity index (χ3n) is 1.51. The molecule has 0 saturated carbocycles. The van der Waals surface area contributed by atoms with E-state index in [0.29, 0.717) is 6.08 Å². The lowest BCUT2D eigenvalue weighted by Gasteiger charge is -2.03. The SMILES string of the molecule is COC(=O)C(/C=C/C(=O)C(F)(F)F)=C(\C)N. The molecule has 0 fully saturated rings. The largest absolute Gasteiger partial charge is 0.465 e. The fraction of sp³-hybridized carbons (Fsp3) is 0.333. The minimum atomic E-state index is -4.97. The van der Waals surface area contributed by atoms with Gasteiger partial charge in [0, 0.05) is 5.70 Å². The molecule has 0 radical (unpaired) electrons. The number of allylic oxidation sites excluding steroid dienone is 2. The van der Waals surface area contributed by atoms with E-state index in [9.17, 15) is 22.8 Å². The summed E-state index contributed by atoms with van der Waals surface area (Å²) >= 11 is 0. The van der Waals surface area contributed by atoms with Crippen LogP contribution in [0.3, 0.4) is 0 Å². The zero-order chi connectivity index (χ0) is 12.9. The van der Waals surface area contributed by atoms with E-state index < -0.39 is 17.9 Å². The Balaban J connectivity index is 4.95. The summed E-state index contributed by atoms with van der Waals surface area (Å²) in [6.45, 7) is 1.30. The Kier molecular flexibility index (Phi) is 4.74. The molecule has 0 rings (SSSR count). The number of alkyl halides is 3. The number of ether oxygens (including phenoxy) is 1. The van der Waals surface area contributed by atoms with Crippen LogP contribution in [0.25, 0.3) is 0 Å². The van der Waals surface area contributed by atoms with Crippen molar-refractivity contribution in [3.05, 3.63) is 23.4 Å². The average Bonchev–Trinajstić information content (AvgIpc) is 2.15. The molecule has 2 N–H and O–H groups in total. The number of carbonyl (C=O) groups is 2. The second-order valence-electron chi connectivity index (χ2n) is 2.78. The van der Waals surface area contributed by atoms with Crippen LogP contribution in [0.2, 0.25) is 0 Å². The van der Waals surface area contributed by atoms with Crippen molar-refractivity contribution >= 4 is 11.8 Å². The van der Waals surface area contributed by atoms with Gasteiger partial charge in [-0.2, -0.15) is 13.2 Å². The second kappa shape index (κ2) is 5.34. The van der Waals surface area contributed by atoms with Crippen molar-refractivity contribution in [1.29, 1.82) is 0 Å². The minimum absolute atomic E-state index is 0.0434. The van der Waals surface area contributed by atoms with Crippen LogP contribution in [0.15, 0.2) is 23.4 Å². The Morgan fingerprint density at radius 3 is 2.06 bits per heavy atom. The lowest BCUT2D eigenvalue weighted by atomic mass is 10.2. The lowest BCUT2D eigenvalue weighted by Crippen LogP contribution is -2.20. The van der Waals surface area contributed by atoms with E-state index in [-0.39, 0.29) is 17.3 Å². The van der Waals surface area contributed by atoms with Crippen LogP contribution in [-0.2, 0) is 14.3 Å². The number of hydrogen-bond acceptors (Lipinski definition) is 4. The standard InChI is InChI=1S/C9H10F3NO3/c1-5(13)6(8(15)16-2)3-4-7(14)9(10,11)12/h3-4H,13H2,1-2H3/b4-3+,6-5+. The Labute approximate surface area is 89.6 Å². The van der Waals surface area contributed by atoms with Crippen molar-refractivity contribution in [2.24, 2.45) is 5.73 Å². The van der Waals surface area contributed by atoms with Crippen molar-refractivity contribution in [1.82, 2.24) is 0 Å². The Morgan fingerprint density at radius 2 is 1.75 bits per heavy atom. The van der Waals surface area contributed by atoms with Crippen LogP contribution < -0.4 is 5.73 Å². The molecule has 0 saturated heterocycles. The molecule has 90 valence electrons. The van der Waals surface area contributed by atoms with Gasteiger partial charge in [0.2, 0.25) is 0 Å². The van der Waals surface area contributed by atoms with Crippen LogP contribution in [0, 0.1) is 0 Å². The van der Waals surface area contributed by atoms with Crippen LogP contribution in [0.5, 0.6) is 0 Å². The van der Waals surface area contributed by atoms with Gasteiger partial charge in [0.25, 0.3) is 5.78 Å². The number of methoxy groups -OCH3 is 1. The van der Waals surface area contributed by atoms with Gasteiger partial charge in [-0.3, -0.25) is 4.79 Å².